The van der Waals surface area contributed by atoms with Crippen molar-refractivity contribution in [3.05, 3.63) is 23.9 Å². The summed E-state index contributed by atoms with van der Waals surface area (Å²) >= 11 is 0. The Labute approximate surface area is 112 Å². The van der Waals surface area contributed by atoms with Gasteiger partial charge in [-0.25, -0.2) is 10.8 Å². The van der Waals surface area contributed by atoms with Gasteiger partial charge in [-0.3, -0.25) is 4.79 Å². The normalized spacial score (nSPS) is 18.3. The number of rotatable bonds is 5. The molecule has 6 heteroatoms. The van der Waals surface area contributed by atoms with Crippen molar-refractivity contribution in [1.29, 1.82) is 0 Å². The van der Waals surface area contributed by atoms with E-state index in [0.717, 1.165) is 19.4 Å². The lowest BCUT2D eigenvalue weighted by Crippen LogP contribution is -2.37. The minimum atomic E-state index is -0.0194. The van der Waals surface area contributed by atoms with Crippen molar-refractivity contribution in [2.45, 2.75) is 25.9 Å². The number of pyridine rings is 1. The Morgan fingerprint density at radius 3 is 3.00 bits per heavy atom. The average Bonchev–Trinajstić information content (AvgIpc) is 2.97. The lowest BCUT2D eigenvalue weighted by atomic mass is 10.2. The highest BCUT2D eigenvalue weighted by Crippen LogP contribution is 2.15. The molecule has 6 nitrogen and oxygen atoms in total. The summed E-state index contributed by atoms with van der Waals surface area (Å²) in [6.45, 7) is 4.08. The number of anilines is 1. The number of nitrogens with one attached hydrogen (secondary N) is 1. The van der Waals surface area contributed by atoms with Crippen molar-refractivity contribution in [3.63, 3.8) is 0 Å². The Kier molecular flexibility index (Phi) is 4.70. The summed E-state index contributed by atoms with van der Waals surface area (Å²) in [5, 5.41) is 0. The highest BCUT2D eigenvalue weighted by atomic mass is 16.5. The number of nitrogens with zero attached hydrogens (tertiary/aromatic N) is 2. The number of ether oxygens (including phenoxy) is 1. The van der Waals surface area contributed by atoms with E-state index in [4.69, 9.17) is 10.6 Å². The molecule has 0 bridgehead atoms. The van der Waals surface area contributed by atoms with Gasteiger partial charge in [0.25, 0.3) is 5.91 Å². The smallest absolute Gasteiger partial charge is 0.255 e. The van der Waals surface area contributed by atoms with Crippen LogP contribution in [0.5, 0.6) is 0 Å². The van der Waals surface area contributed by atoms with Crippen molar-refractivity contribution >= 4 is 11.7 Å². The van der Waals surface area contributed by atoms with Gasteiger partial charge >= 0.3 is 0 Å². The zero-order chi connectivity index (χ0) is 13.7. The SMILES string of the molecule is CCN(CC1CCCO1)C(=O)c1ccc(NN)nc1. The zero-order valence-corrected chi connectivity index (χ0v) is 11.1. The number of hydrazine groups is 1. The van der Waals surface area contributed by atoms with E-state index in [0.29, 0.717) is 24.5 Å². The number of nitrogen functional groups attached to an aromatic ring is 1. The molecule has 1 unspecified atom stereocenters. The molecule has 0 radical (unpaired) electrons. The molecule has 1 aliphatic rings. The second-order valence-corrected chi connectivity index (χ2v) is 4.56. The topological polar surface area (TPSA) is 80.5 Å². The summed E-state index contributed by atoms with van der Waals surface area (Å²) in [6, 6.07) is 3.41. The second-order valence-electron chi connectivity index (χ2n) is 4.56. The summed E-state index contributed by atoms with van der Waals surface area (Å²) in [4.78, 5) is 18.2. The van der Waals surface area contributed by atoms with Crippen LogP contribution in [0.1, 0.15) is 30.1 Å². The van der Waals surface area contributed by atoms with Crippen molar-refractivity contribution in [2.75, 3.05) is 25.1 Å². The Balaban J connectivity index is 2.01. The first-order valence-electron chi connectivity index (χ1n) is 6.58. The van der Waals surface area contributed by atoms with Crippen LogP contribution in [0.15, 0.2) is 18.3 Å². The molecule has 1 atom stereocenters. The quantitative estimate of drug-likeness (QED) is 0.613. The maximum atomic E-state index is 12.3. The van der Waals surface area contributed by atoms with Gasteiger partial charge in [-0.15, -0.1) is 0 Å². The highest BCUT2D eigenvalue weighted by molar-refractivity contribution is 5.94. The maximum Gasteiger partial charge on any atom is 0.255 e. The fourth-order valence-corrected chi connectivity index (χ4v) is 2.18. The molecule has 1 aromatic heterocycles. The first kappa shape index (κ1) is 13.8. The van der Waals surface area contributed by atoms with E-state index in [-0.39, 0.29) is 12.0 Å². The third-order valence-electron chi connectivity index (χ3n) is 3.28. The Hall–Kier alpha value is -1.66. The van der Waals surface area contributed by atoms with Gasteiger partial charge in [0.15, 0.2) is 0 Å². The molecule has 19 heavy (non-hydrogen) atoms. The maximum absolute atomic E-state index is 12.3. The van der Waals surface area contributed by atoms with Gasteiger partial charge in [-0.05, 0) is 31.9 Å². The number of carbonyl (C=O) groups is 1. The van der Waals surface area contributed by atoms with Crippen LogP contribution in [0.3, 0.4) is 0 Å². The number of nitrogens with two attached hydrogens (primary N) is 1. The Morgan fingerprint density at radius 1 is 1.63 bits per heavy atom. The number of likely N-dealkylation sites (N-methyl/N-ethyl adjacent to an activating group) is 1. The lowest BCUT2D eigenvalue weighted by molar-refractivity contribution is 0.0539. The predicted octanol–water partition coefficient (Wildman–Crippen LogP) is 1.01. The van der Waals surface area contributed by atoms with E-state index < -0.39 is 0 Å². The molecular formula is C13H20N4O2. The monoisotopic (exact) mass is 264 g/mol. The Bertz CT molecular complexity index is 415. The van der Waals surface area contributed by atoms with Crippen molar-refractivity contribution in [2.24, 2.45) is 5.84 Å². The third-order valence-corrected chi connectivity index (χ3v) is 3.28. The fraction of sp³-hybridized carbons (Fsp3) is 0.538. The fourth-order valence-electron chi connectivity index (χ4n) is 2.18. The van der Waals surface area contributed by atoms with Crippen LogP contribution in [-0.4, -0.2) is 41.6 Å². The number of hydrogen-bond acceptors (Lipinski definition) is 5. The van der Waals surface area contributed by atoms with E-state index in [1.165, 1.54) is 6.20 Å². The number of hydrogen-bond donors (Lipinski definition) is 2. The van der Waals surface area contributed by atoms with Crippen LogP contribution in [0.2, 0.25) is 0 Å². The summed E-state index contributed by atoms with van der Waals surface area (Å²) in [5.74, 6) is 5.77. The van der Waals surface area contributed by atoms with Gasteiger partial charge in [0.05, 0.1) is 11.7 Å². The van der Waals surface area contributed by atoms with Crippen molar-refractivity contribution < 1.29 is 9.53 Å². The van der Waals surface area contributed by atoms with Gasteiger partial charge in [0, 0.05) is 25.9 Å². The molecule has 1 aromatic rings. The molecule has 104 valence electrons. The molecular weight excluding hydrogens is 244 g/mol. The van der Waals surface area contributed by atoms with Crippen LogP contribution in [0.25, 0.3) is 0 Å². The van der Waals surface area contributed by atoms with Crippen LogP contribution in [0.4, 0.5) is 5.82 Å². The summed E-state index contributed by atoms with van der Waals surface area (Å²) < 4.78 is 5.57. The molecule has 1 amide bonds. The predicted molar refractivity (Wildman–Crippen MR) is 72.6 cm³/mol. The number of aromatic nitrogens is 1. The Morgan fingerprint density at radius 2 is 2.47 bits per heavy atom. The molecule has 1 aliphatic heterocycles. The standard InChI is InChI=1S/C13H20N4O2/c1-2-17(9-11-4-3-7-19-11)13(18)10-5-6-12(16-14)15-8-10/h5-6,8,11H,2-4,7,9,14H2,1H3,(H,15,16). The largest absolute Gasteiger partial charge is 0.376 e. The van der Waals surface area contributed by atoms with Crippen LogP contribution >= 0.6 is 0 Å². The van der Waals surface area contributed by atoms with Crippen LogP contribution in [0, 0.1) is 0 Å². The molecule has 2 heterocycles. The van der Waals surface area contributed by atoms with Gasteiger partial charge in [-0.2, -0.15) is 0 Å². The molecule has 2 rings (SSSR count). The van der Waals surface area contributed by atoms with Crippen molar-refractivity contribution in [1.82, 2.24) is 9.88 Å². The van der Waals surface area contributed by atoms with Gasteiger partial charge in [0.2, 0.25) is 0 Å². The van der Waals surface area contributed by atoms with Crippen molar-refractivity contribution in [3.8, 4) is 0 Å². The number of carbonyl (C=O) groups excluding carboxylic acids is 1. The first-order chi connectivity index (χ1) is 9.24. The minimum Gasteiger partial charge on any atom is -0.376 e. The van der Waals surface area contributed by atoms with Gasteiger partial charge < -0.3 is 15.1 Å². The third kappa shape index (κ3) is 3.42. The summed E-state index contributed by atoms with van der Waals surface area (Å²) in [6.07, 6.45) is 3.81. The summed E-state index contributed by atoms with van der Waals surface area (Å²) in [5.41, 5.74) is 3.01. The highest BCUT2D eigenvalue weighted by Gasteiger charge is 2.22. The van der Waals surface area contributed by atoms with E-state index in [1.54, 1.807) is 17.0 Å². The van der Waals surface area contributed by atoms with E-state index >= 15 is 0 Å². The molecule has 0 saturated carbocycles. The van der Waals surface area contributed by atoms with Crippen LogP contribution < -0.4 is 11.3 Å². The van der Waals surface area contributed by atoms with Gasteiger partial charge in [-0.1, -0.05) is 0 Å². The lowest BCUT2D eigenvalue weighted by Gasteiger charge is -2.24. The molecule has 1 saturated heterocycles. The number of amides is 1. The molecule has 0 aliphatic carbocycles. The average molecular weight is 264 g/mol. The van der Waals surface area contributed by atoms with E-state index in [2.05, 4.69) is 10.4 Å². The van der Waals surface area contributed by atoms with Gasteiger partial charge in [0.1, 0.15) is 5.82 Å². The molecule has 3 N–H and O–H groups in total. The molecule has 1 fully saturated rings. The minimum absolute atomic E-state index is 0.0194. The molecule has 0 aromatic carbocycles. The van der Waals surface area contributed by atoms with E-state index in [1.807, 2.05) is 6.92 Å². The summed E-state index contributed by atoms with van der Waals surface area (Å²) in [7, 11) is 0. The first-order valence-corrected chi connectivity index (χ1v) is 6.58. The van der Waals surface area contributed by atoms with Crippen LogP contribution in [-0.2, 0) is 4.74 Å². The second kappa shape index (κ2) is 6.49. The van der Waals surface area contributed by atoms with E-state index in [9.17, 15) is 4.79 Å². The zero-order valence-electron chi connectivity index (χ0n) is 11.1. The molecule has 0 spiro atoms.